The summed E-state index contributed by atoms with van der Waals surface area (Å²) in [4.78, 5) is 0. The van der Waals surface area contributed by atoms with Gasteiger partial charge in [-0.1, -0.05) is 58.4 Å². The van der Waals surface area contributed by atoms with Gasteiger partial charge >= 0.3 is 0 Å². The van der Waals surface area contributed by atoms with Crippen LogP contribution in [0.3, 0.4) is 0 Å². The molecule has 0 radical (unpaired) electrons. The second-order valence-electron chi connectivity index (χ2n) is 4.78. The van der Waals surface area contributed by atoms with Crippen molar-refractivity contribution in [2.24, 2.45) is 0 Å². The van der Waals surface area contributed by atoms with Crippen LogP contribution in [0.2, 0.25) is 0 Å². The van der Waals surface area contributed by atoms with Gasteiger partial charge in [-0.2, -0.15) is 0 Å². The summed E-state index contributed by atoms with van der Waals surface area (Å²) >= 11 is 3.47. The molecule has 0 aromatic heterocycles. The molecular weight excluding hydrogens is 288 g/mol. The van der Waals surface area contributed by atoms with Crippen LogP contribution in [0.5, 0.6) is 0 Å². The second kappa shape index (κ2) is 4.87. The van der Waals surface area contributed by atoms with Crippen molar-refractivity contribution in [1.82, 2.24) is 0 Å². The fourth-order valence-electron chi connectivity index (χ4n) is 2.18. The summed E-state index contributed by atoms with van der Waals surface area (Å²) in [6.45, 7) is 0.691. The van der Waals surface area contributed by atoms with Gasteiger partial charge in [-0.05, 0) is 36.1 Å². The predicted octanol–water partition coefficient (Wildman–Crippen LogP) is 4.66. The largest absolute Gasteiger partial charge is 0.366 e. The number of rotatable bonds is 4. The first-order chi connectivity index (χ1) is 8.78. The Balaban J connectivity index is 1.70. The molecule has 1 nitrogen and oxygen atoms in total. The van der Waals surface area contributed by atoms with Crippen molar-refractivity contribution >= 4 is 15.9 Å². The number of halogens is 1. The van der Waals surface area contributed by atoms with Crippen molar-refractivity contribution in [3.8, 4) is 0 Å². The fraction of sp³-hybridized carbons (Fsp3) is 0.250. The number of hydrogen-bond donors (Lipinski definition) is 0. The maximum atomic E-state index is 6.14. The zero-order chi connectivity index (χ0) is 12.4. The molecule has 1 aliphatic rings. The van der Waals surface area contributed by atoms with Crippen molar-refractivity contribution in [1.29, 1.82) is 0 Å². The van der Waals surface area contributed by atoms with Gasteiger partial charge in [0, 0.05) is 4.47 Å². The Morgan fingerprint density at radius 1 is 0.944 bits per heavy atom. The van der Waals surface area contributed by atoms with Crippen LogP contribution in [0.25, 0.3) is 0 Å². The summed E-state index contributed by atoms with van der Waals surface area (Å²) in [6, 6.07) is 18.8. The van der Waals surface area contributed by atoms with Gasteiger partial charge in [-0.25, -0.2) is 0 Å². The van der Waals surface area contributed by atoms with E-state index in [1.807, 2.05) is 6.07 Å². The van der Waals surface area contributed by atoms with Crippen LogP contribution >= 0.6 is 15.9 Å². The first-order valence-corrected chi connectivity index (χ1v) is 7.02. The van der Waals surface area contributed by atoms with E-state index < -0.39 is 0 Å². The fourth-order valence-corrected chi connectivity index (χ4v) is 2.44. The quantitative estimate of drug-likeness (QED) is 0.798. The summed E-state index contributed by atoms with van der Waals surface area (Å²) < 4.78 is 7.25. The summed E-state index contributed by atoms with van der Waals surface area (Å²) in [5.41, 5.74) is 2.50. The Morgan fingerprint density at radius 3 is 2.22 bits per heavy atom. The van der Waals surface area contributed by atoms with E-state index in [2.05, 4.69) is 64.5 Å². The lowest BCUT2D eigenvalue weighted by atomic mass is 10.1. The molecule has 1 saturated carbocycles. The number of benzene rings is 2. The molecule has 3 rings (SSSR count). The molecule has 0 saturated heterocycles. The Bertz CT molecular complexity index is 515. The molecule has 2 aromatic carbocycles. The molecular formula is C16H15BrO. The summed E-state index contributed by atoms with van der Waals surface area (Å²) in [5.74, 6) is 0. The first kappa shape index (κ1) is 11.9. The minimum Gasteiger partial charge on any atom is -0.366 e. The van der Waals surface area contributed by atoms with Crippen molar-refractivity contribution in [2.75, 3.05) is 0 Å². The Hall–Kier alpha value is -1.12. The normalized spacial score (nSPS) is 16.5. The van der Waals surface area contributed by atoms with Gasteiger partial charge in [0.05, 0.1) is 12.2 Å². The zero-order valence-corrected chi connectivity index (χ0v) is 11.7. The Morgan fingerprint density at radius 2 is 1.61 bits per heavy atom. The average molecular weight is 303 g/mol. The van der Waals surface area contributed by atoms with E-state index in [1.165, 1.54) is 11.1 Å². The smallest absolute Gasteiger partial charge is 0.0938 e. The molecule has 92 valence electrons. The molecule has 2 aromatic rings. The highest BCUT2D eigenvalue weighted by atomic mass is 79.9. The zero-order valence-electron chi connectivity index (χ0n) is 10.1. The lowest BCUT2D eigenvalue weighted by molar-refractivity contribution is 0.0172. The predicted molar refractivity (Wildman–Crippen MR) is 76.3 cm³/mol. The molecule has 1 fully saturated rings. The molecule has 0 heterocycles. The van der Waals surface area contributed by atoms with E-state index in [1.54, 1.807) is 0 Å². The summed E-state index contributed by atoms with van der Waals surface area (Å²) in [5, 5.41) is 0. The molecule has 0 aliphatic heterocycles. The van der Waals surface area contributed by atoms with E-state index in [0.29, 0.717) is 6.61 Å². The lowest BCUT2D eigenvalue weighted by Crippen LogP contribution is -2.11. The van der Waals surface area contributed by atoms with E-state index in [9.17, 15) is 0 Å². The van der Waals surface area contributed by atoms with Crippen LogP contribution < -0.4 is 0 Å². The molecule has 0 atom stereocenters. The van der Waals surface area contributed by atoms with Gasteiger partial charge in [-0.3, -0.25) is 0 Å². The molecule has 0 amide bonds. The van der Waals surface area contributed by atoms with Crippen molar-refractivity contribution in [3.05, 3.63) is 70.2 Å². The topological polar surface area (TPSA) is 9.23 Å². The van der Waals surface area contributed by atoms with Crippen molar-refractivity contribution in [3.63, 3.8) is 0 Å². The van der Waals surface area contributed by atoms with Crippen LogP contribution in [0.15, 0.2) is 59.1 Å². The minimum absolute atomic E-state index is 0.0312. The van der Waals surface area contributed by atoms with Crippen LogP contribution in [-0.2, 0) is 16.9 Å². The van der Waals surface area contributed by atoms with E-state index in [0.717, 1.165) is 17.3 Å². The van der Waals surface area contributed by atoms with E-state index in [4.69, 9.17) is 4.74 Å². The molecule has 1 aliphatic carbocycles. The molecule has 18 heavy (non-hydrogen) atoms. The highest BCUT2D eigenvalue weighted by Gasteiger charge is 2.45. The molecule has 0 N–H and O–H groups in total. The monoisotopic (exact) mass is 302 g/mol. The maximum absolute atomic E-state index is 6.14. The van der Waals surface area contributed by atoms with Crippen molar-refractivity contribution < 1.29 is 4.74 Å². The third-order valence-electron chi connectivity index (χ3n) is 3.43. The minimum atomic E-state index is -0.0312. The van der Waals surface area contributed by atoms with Crippen LogP contribution in [0, 0.1) is 0 Å². The summed E-state index contributed by atoms with van der Waals surface area (Å²) in [7, 11) is 0. The second-order valence-corrected chi connectivity index (χ2v) is 5.69. The third kappa shape index (κ3) is 2.50. The van der Waals surface area contributed by atoms with Crippen LogP contribution in [0.1, 0.15) is 24.0 Å². The molecule has 2 heteroatoms. The molecule has 0 spiro atoms. The first-order valence-electron chi connectivity index (χ1n) is 6.22. The van der Waals surface area contributed by atoms with Crippen molar-refractivity contribution in [2.45, 2.75) is 25.0 Å². The van der Waals surface area contributed by atoms with Gasteiger partial charge in [-0.15, -0.1) is 0 Å². The standard InChI is InChI=1S/C16H15BrO/c17-15-8-6-14(7-9-15)16(10-11-16)18-12-13-4-2-1-3-5-13/h1-9H,10-12H2. The highest BCUT2D eigenvalue weighted by molar-refractivity contribution is 9.10. The SMILES string of the molecule is Brc1ccc(C2(OCc3ccccc3)CC2)cc1. The van der Waals surface area contributed by atoms with E-state index >= 15 is 0 Å². The van der Waals surface area contributed by atoms with Gasteiger partial charge in [0.15, 0.2) is 0 Å². The number of hydrogen-bond acceptors (Lipinski definition) is 1. The Labute approximate surface area is 116 Å². The van der Waals surface area contributed by atoms with Gasteiger partial charge in [0.25, 0.3) is 0 Å². The molecule has 0 bridgehead atoms. The van der Waals surface area contributed by atoms with Crippen LogP contribution in [0.4, 0.5) is 0 Å². The Kier molecular flexibility index (Phi) is 3.23. The van der Waals surface area contributed by atoms with Gasteiger partial charge < -0.3 is 4.74 Å². The van der Waals surface area contributed by atoms with E-state index in [-0.39, 0.29) is 5.60 Å². The maximum Gasteiger partial charge on any atom is 0.0938 e. The van der Waals surface area contributed by atoms with Gasteiger partial charge in [0.2, 0.25) is 0 Å². The summed E-state index contributed by atoms with van der Waals surface area (Å²) in [6.07, 6.45) is 2.25. The lowest BCUT2D eigenvalue weighted by Gasteiger charge is -2.17. The molecule has 0 unspecified atom stereocenters. The van der Waals surface area contributed by atoms with Gasteiger partial charge in [0.1, 0.15) is 0 Å². The van der Waals surface area contributed by atoms with Crippen LogP contribution in [-0.4, -0.2) is 0 Å². The highest BCUT2D eigenvalue weighted by Crippen LogP contribution is 2.49. The number of ether oxygens (including phenoxy) is 1. The third-order valence-corrected chi connectivity index (χ3v) is 3.96. The average Bonchev–Trinajstić information content (AvgIpc) is 3.20.